The van der Waals surface area contributed by atoms with Crippen LogP contribution in [-0.2, 0) is 6.54 Å². The minimum Gasteiger partial charge on any atom is -0.398 e. The summed E-state index contributed by atoms with van der Waals surface area (Å²) in [4.78, 5) is 14.1. The Labute approximate surface area is 127 Å². The predicted octanol–water partition coefficient (Wildman–Crippen LogP) is 3.61. The van der Waals surface area contributed by atoms with E-state index in [4.69, 9.17) is 5.73 Å². The van der Waals surface area contributed by atoms with Crippen LogP contribution in [0.5, 0.6) is 0 Å². The Kier molecular flexibility index (Phi) is 4.45. The number of anilines is 1. The van der Waals surface area contributed by atoms with Crippen molar-refractivity contribution in [1.29, 1.82) is 0 Å². The van der Waals surface area contributed by atoms with Gasteiger partial charge in [0.05, 0.1) is 5.56 Å². The molecule has 0 bridgehead atoms. The van der Waals surface area contributed by atoms with Crippen LogP contribution in [0.2, 0.25) is 0 Å². The first kappa shape index (κ1) is 14.6. The largest absolute Gasteiger partial charge is 0.398 e. The van der Waals surface area contributed by atoms with Crippen molar-refractivity contribution in [1.82, 2.24) is 4.90 Å². The summed E-state index contributed by atoms with van der Waals surface area (Å²) >= 11 is 3.43. The summed E-state index contributed by atoms with van der Waals surface area (Å²) in [6.07, 6.45) is 0. The average molecular weight is 333 g/mol. The molecule has 2 aromatic carbocycles. The number of hydrogen-bond acceptors (Lipinski definition) is 2. The highest BCUT2D eigenvalue weighted by molar-refractivity contribution is 9.10. The van der Waals surface area contributed by atoms with E-state index < -0.39 is 0 Å². The number of amides is 1. The number of carbonyl (C=O) groups is 1. The molecule has 3 nitrogen and oxygen atoms in total. The number of nitrogens with zero attached hydrogens (tertiary/aromatic N) is 1. The van der Waals surface area contributed by atoms with Gasteiger partial charge in [-0.25, -0.2) is 0 Å². The number of carbonyl (C=O) groups excluding carboxylic acids is 1. The van der Waals surface area contributed by atoms with Crippen molar-refractivity contribution in [2.75, 3.05) is 12.8 Å². The Morgan fingerprint density at radius 2 is 2.00 bits per heavy atom. The molecule has 0 saturated carbocycles. The number of nitrogen functional groups attached to an aromatic ring is 1. The molecule has 2 rings (SSSR count). The van der Waals surface area contributed by atoms with E-state index in [2.05, 4.69) is 15.9 Å². The number of benzene rings is 2. The molecule has 1 amide bonds. The van der Waals surface area contributed by atoms with Crippen molar-refractivity contribution >= 4 is 27.5 Å². The van der Waals surface area contributed by atoms with E-state index in [1.165, 1.54) is 0 Å². The molecule has 0 aliphatic carbocycles. The maximum atomic E-state index is 12.4. The number of nitrogens with two attached hydrogens (primary N) is 1. The molecule has 20 heavy (non-hydrogen) atoms. The summed E-state index contributed by atoms with van der Waals surface area (Å²) in [6.45, 7) is 2.50. The van der Waals surface area contributed by atoms with E-state index in [0.717, 1.165) is 15.6 Å². The summed E-state index contributed by atoms with van der Waals surface area (Å²) in [7, 11) is 1.78. The van der Waals surface area contributed by atoms with Crippen LogP contribution < -0.4 is 5.73 Å². The molecule has 0 aromatic heterocycles. The lowest BCUT2D eigenvalue weighted by molar-refractivity contribution is 0.0786. The Morgan fingerprint density at radius 1 is 1.25 bits per heavy atom. The molecule has 0 saturated heterocycles. The Morgan fingerprint density at radius 3 is 2.65 bits per heavy atom. The molecule has 0 spiro atoms. The Bertz CT molecular complexity index is 640. The van der Waals surface area contributed by atoms with E-state index in [0.29, 0.717) is 17.8 Å². The van der Waals surface area contributed by atoms with Gasteiger partial charge in [-0.05, 0) is 42.3 Å². The molecule has 0 aliphatic heterocycles. The fourth-order valence-electron chi connectivity index (χ4n) is 2.06. The van der Waals surface area contributed by atoms with Crippen LogP contribution in [-0.4, -0.2) is 17.9 Å². The maximum absolute atomic E-state index is 12.4. The van der Waals surface area contributed by atoms with Crippen molar-refractivity contribution in [3.63, 3.8) is 0 Å². The van der Waals surface area contributed by atoms with Crippen LogP contribution in [0.1, 0.15) is 21.5 Å². The second-order valence-corrected chi connectivity index (χ2v) is 5.80. The normalized spacial score (nSPS) is 10.3. The third-order valence-electron chi connectivity index (χ3n) is 3.09. The zero-order valence-electron chi connectivity index (χ0n) is 11.6. The van der Waals surface area contributed by atoms with E-state index >= 15 is 0 Å². The van der Waals surface area contributed by atoms with Crippen LogP contribution in [0.25, 0.3) is 0 Å². The van der Waals surface area contributed by atoms with Crippen LogP contribution in [0.15, 0.2) is 46.9 Å². The summed E-state index contributed by atoms with van der Waals surface area (Å²) in [6, 6.07) is 13.4. The van der Waals surface area contributed by atoms with Crippen molar-refractivity contribution in [3.05, 3.63) is 63.6 Å². The highest BCUT2D eigenvalue weighted by Crippen LogP contribution is 2.18. The maximum Gasteiger partial charge on any atom is 0.255 e. The zero-order chi connectivity index (χ0) is 14.7. The number of halogens is 1. The second kappa shape index (κ2) is 6.09. The van der Waals surface area contributed by atoms with Gasteiger partial charge in [-0.15, -0.1) is 0 Å². The molecule has 0 aliphatic rings. The summed E-state index contributed by atoms with van der Waals surface area (Å²) in [5.74, 6) is -0.0672. The van der Waals surface area contributed by atoms with Gasteiger partial charge in [-0.3, -0.25) is 4.79 Å². The summed E-state index contributed by atoms with van der Waals surface area (Å²) in [5.41, 5.74) is 9.12. The van der Waals surface area contributed by atoms with Crippen LogP contribution >= 0.6 is 15.9 Å². The smallest absolute Gasteiger partial charge is 0.255 e. The predicted molar refractivity (Wildman–Crippen MR) is 85.5 cm³/mol. The van der Waals surface area contributed by atoms with Gasteiger partial charge in [0, 0.05) is 23.8 Å². The molecule has 2 aromatic rings. The van der Waals surface area contributed by atoms with Gasteiger partial charge in [0.15, 0.2) is 0 Å². The molecular weight excluding hydrogens is 316 g/mol. The molecule has 0 atom stereocenters. The van der Waals surface area contributed by atoms with Gasteiger partial charge in [0.1, 0.15) is 0 Å². The molecule has 0 unspecified atom stereocenters. The van der Waals surface area contributed by atoms with E-state index in [-0.39, 0.29) is 5.91 Å². The van der Waals surface area contributed by atoms with E-state index in [1.807, 2.05) is 43.3 Å². The van der Waals surface area contributed by atoms with Gasteiger partial charge in [-0.2, -0.15) is 0 Å². The van der Waals surface area contributed by atoms with Crippen LogP contribution in [0.3, 0.4) is 0 Å². The van der Waals surface area contributed by atoms with E-state index in [9.17, 15) is 4.79 Å². The third kappa shape index (κ3) is 3.39. The Hall–Kier alpha value is -1.81. The van der Waals surface area contributed by atoms with Crippen molar-refractivity contribution in [2.24, 2.45) is 0 Å². The fourth-order valence-corrected chi connectivity index (χ4v) is 2.51. The van der Waals surface area contributed by atoms with Crippen LogP contribution in [0.4, 0.5) is 5.69 Å². The van der Waals surface area contributed by atoms with Crippen LogP contribution in [0, 0.1) is 6.92 Å². The molecule has 0 radical (unpaired) electrons. The quantitative estimate of drug-likeness (QED) is 0.872. The monoisotopic (exact) mass is 332 g/mol. The van der Waals surface area contributed by atoms with Gasteiger partial charge in [-0.1, -0.05) is 34.1 Å². The van der Waals surface area contributed by atoms with Gasteiger partial charge in [0.25, 0.3) is 5.91 Å². The lowest BCUT2D eigenvalue weighted by Gasteiger charge is -2.18. The average Bonchev–Trinajstić information content (AvgIpc) is 2.38. The van der Waals surface area contributed by atoms with Crippen molar-refractivity contribution in [3.8, 4) is 0 Å². The molecule has 0 heterocycles. The van der Waals surface area contributed by atoms with Gasteiger partial charge in [0.2, 0.25) is 0 Å². The number of rotatable bonds is 3. The minimum absolute atomic E-state index is 0.0672. The van der Waals surface area contributed by atoms with E-state index in [1.54, 1.807) is 18.0 Å². The lowest BCUT2D eigenvalue weighted by atomic mass is 10.1. The van der Waals surface area contributed by atoms with Crippen molar-refractivity contribution in [2.45, 2.75) is 13.5 Å². The first-order valence-corrected chi connectivity index (χ1v) is 7.12. The molecule has 104 valence electrons. The molecule has 4 heteroatoms. The highest BCUT2D eigenvalue weighted by atomic mass is 79.9. The standard InChI is InChI=1S/C16H17BrN2O/c1-11-6-7-14(15(18)8-11)16(20)19(2)10-12-4-3-5-13(17)9-12/h3-9H,10,18H2,1-2H3. The summed E-state index contributed by atoms with van der Waals surface area (Å²) in [5, 5.41) is 0. The first-order chi connectivity index (χ1) is 9.47. The van der Waals surface area contributed by atoms with Gasteiger partial charge < -0.3 is 10.6 Å². The summed E-state index contributed by atoms with van der Waals surface area (Å²) < 4.78 is 1.01. The highest BCUT2D eigenvalue weighted by Gasteiger charge is 2.14. The molecular formula is C16H17BrN2O. The fraction of sp³-hybridized carbons (Fsp3) is 0.188. The Balaban J connectivity index is 2.16. The lowest BCUT2D eigenvalue weighted by Crippen LogP contribution is -2.27. The third-order valence-corrected chi connectivity index (χ3v) is 3.59. The topological polar surface area (TPSA) is 46.3 Å². The second-order valence-electron chi connectivity index (χ2n) is 4.88. The first-order valence-electron chi connectivity index (χ1n) is 6.33. The molecule has 2 N–H and O–H groups in total. The SMILES string of the molecule is Cc1ccc(C(=O)N(C)Cc2cccc(Br)c2)c(N)c1. The van der Waals surface area contributed by atoms with Crippen molar-refractivity contribution < 1.29 is 4.79 Å². The zero-order valence-corrected chi connectivity index (χ0v) is 13.1. The molecule has 0 fully saturated rings. The number of aryl methyl sites for hydroxylation is 1. The number of hydrogen-bond donors (Lipinski definition) is 1. The van der Waals surface area contributed by atoms with Gasteiger partial charge >= 0.3 is 0 Å². The minimum atomic E-state index is -0.0672.